The Hall–Kier alpha value is -4.86. The number of benzene rings is 3. The van der Waals surface area contributed by atoms with Gasteiger partial charge in [0, 0.05) is 12.2 Å². The molecular formula is C29H32N4O6. The number of rotatable bonds is 11. The van der Waals surface area contributed by atoms with Gasteiger partial charge in [0.1, 0.15) is 5.75 Å². The normalized spacial score (nSPS) is 10.6. The molecule has 10 nitrogen and oxygen atoms in total. The van der Waals surface area contributed by atoms with Gasteiger partial charge in [-0.15, -0.1) is 0 Å². The predicted octanol–water partition coefficient (Wildman–Crippen LogP) is 3.15. The van der Waals surface area contributed by atoms with Crippen LogP contribution in [0.15, 0.2) is 65.8 Å². The monoisotopic (exact) mass is 532 g/mol. The Kier molecular flexibility index (Phi) is 10.4. The Morgan fingerprint density at radius 2 is 1.56 bits per heavy atom. The van der Waals surface area contributed by atoms with Crippen molar-refractivity contribution >= 4 is 29.6 Å². The number of nitrogens with zero attached hydrogens (tertiary/aromatic N) is 1. The largest absolute Gasteiger partial charge is 0.493 e. The van der Waals surface area contributed by atoms with E-state index in [4.69, 9.17) is 14.2 Å². The molecule has 0 radical (unpaired) electrons. The second-order valence-corrected chi connectivity index (χ2v) is 8.57. The van der Waals surface area contributed by atoms with Crippen LogP contribution >= 0.6 is 0 Å². The lowest BCUT2D eigenvalue weighted by molar-refractivity contribution is -0.139. The van der Waals surface area contributed by atoms with Gasteiger partial charge < -0.3 is 24.8 Å². The van der Waals surface area contributed by atoms with Crippen LogP contribution in [0.5, 0.6) is 17.2 Å². The molecule has 0 saturated heterocycles. The first-order chi connectivity index (χ1) is 18.8. The van der Waals surface area contributed by atoms with Crippen molar-refractivity contribution in [2.24, 2.45) is 5.10 Å². The average molecular weight is 533 g/mol. The zero-order valence-corrected chi connectivity index (χ0v) is 22.4. The summed E-state index contributed by atoms with van der Waals surface area (Å²) in [5.41, 5.74) is 6.52. The quantitative estimate of drug-likeness (QED) is 0.198. The lowest BCUT2D eigenvalue weighted by atomic mass is 10.1. The molecule has 0 unspecified atom stereocenters. The van der Waals surface area contributed by atoms with E-state index in [2.05, 4.69) is 21.2 Å². The summed E-state index contributed by atoms with van der Waals surface area (Å²) in [6.45, 7) is 3.98. The molecule has 0 aliphatic carbocycles. The third kappa shape index (κ3) is 8.60. The fraction of sp³-hybridized carbons (Fsp3) is 0.241. The third-order valence-electron chi connectivity index (χ3n) is 5.73. The summed E-state index contributed by atoms with van der Waals surface area (Å²) in [6, 6.07) is 18.0. The molecule has 3 aromatic rings. The smallest absolute Gasteiger partial charge is 0.329 e. The summed E-state index contributed by atoms with van der Waals surface area (Å²) in [5, 5.41) is 9.24. The minimum atomic E-state index is -0.881. The number of hydrogen-bond donors (Lipinski definition) is 3. The van der Waals surface area contributed by atoms with E-state index >= 15 is 0 Å². The molecule has 0 aliphatic rings. The predicted molar refractivity (Wildman–Crippen MR) is 148 cm³/mol. The molecule has 39 heavy (non-hydrogen) atoms. The Bertz CT molecular complexity index is 1320. The summed E-state index contributed by atoms with van der Waals surface area (Å²) in [6.07, 6.45) is 1.90. The van der Waals surface area contributed by atoms with Gasteiger partial charge in [-0.3, -0.25) is 14.4 Å². The fourth-order valence-electron chi connectivity index (χ4n) is 3.64. The van der Waals surface area contributed by atoms with Gasteiger partial charge in [0.25, 0.3) is 5.91 Å². The number of aryl methyl sites for hydroxylation is 2. The lowest BCUT2D eigenvalue weighted by Crippen LogP contribution is -2.38. The summed E-state index contributed by atoms with van der Waals surface area (Å²) in [7, 11) is 3.10. The highest BCUT2D eigenvalue weighted by Crippen LogP contribution is 2.27. The zero-order chi connectivity index (χ0) is 28.2. The minimum Gasteiger partial charge on any atom is -0.493 e. The first kappa shape index (κ1) is 28.7. The fourth-order valence-corrected chi connectivity index (χ4v) is 3.64. The Morgan fingerprint density at radius 1 is 0.872 bits per heavy atom. The topological polar surface area (TPSA) is 127 Å². The highest BCUT2D eigenvalue weighted by molar-refractivity contribution is 6.35. The number of amides is 3. The van der Waals surface area contributed by atoms with E-state index < -0.39 is 11.8 Å². The van der Waals surface area contributed by atoms with Crippen LogP contribution in [0.25, 0.3) is 0 Å². The molecule has 0 bridgehead atoms. The van der Waals surface area contributed by atoms with Crippen molar-refractivity contribution in [1.82, 2.24) is 10.7 Å². The van der Waals surface area contributed by atoms with Gasteiger partial charge in [-0.1, -0.05) is 24.3 Å². The molecule has 204 valence electrons. The number of anilines is 1. The maximum Gasteiger partial charge on any atom is 0.329 e. The van der Waals surface area contributed by atoms with Gasteiger partial charge in [-0.25, -0.2) is 5.43 Å². The number of para-hydroxylation sites is 1. The number of methoxy groups -OCH3 is 2. The third-order valence-corrected chi connectivity index (χ3v) is 5.73. The van der Waals surface area contributed by atoms with Gasteiger partial charge in [-0.05, 0) is 78.9 Å². The summed E-state index contributed by atoms with van der Waals surface area (Å²) in [4.78, 5) is 36.3. The van der Waals surface area contributed by atoms with Crippen LogP contribution in [-0.2, 0) is 20.8 Å². The summed E-state index contributed by atoms with van der Waals surface area (Å²) >= 11 is 0. The molecule has 3 N–H and O–H groups in total. The van der Waals surface area contributed by atoms with Crippen molar-refractivity contribution in [3.05, 3.63) is 82.9 Å². The van der Waals surface area contributed by atoms with Crippen molar-refractivity contribution < 1.29 is 28.6 Å². The molecule has 0 saturated carbocycles. The minimum absolute atomic E-state index is 0.140. The second-order valence-electron chi connectivity index (χ2n) is 8.57. The standard InChI is InChI=1S/C29H32N4O6/c1-19-6-5-7-20(2)27(19)32-26(34)18-39-23-11-8-22(9-12-23)17-31-33-29(36)28(35)30-15-14-21-10-13-24(37-3)25(16-21)38-4/h5-13,16-17H,14-15,18H2,1-4H3,(H,30,35)(H,32,34)(H,33,36)/b31-17-. The molecule has 0 fully saturated rings. The van der Waals surface area contributed by atoms with Crippen LogP contribution in [-0.4, -0.2) is 51.3 Å². The number of ether oxygens (including phenoxy) is 3. The Morgan fingerprint density at radius 3 is 2.23 bits per heavy atom. The molecule has 10 heteroatoms. The number of nitrogens with one attached hydrogen (secondary N) is 3. The highest BCUT2D eigenvalue weighted by atomic mass is 16.5. The van der Waals surface area contributed by atoms with Crippen molar-refractivity contribution in [3.8, 4) is 17.2 Å². The van der Waals surface area contributed by atoms with E-state index in [-0.39, 0.29) is 19.1 Å². The molecule has 3 aromatic carbocycles. The van der Waals surface area contributed by atoms with Crippen LogP contribution in [0.1, 0.15) is 22.3 Å². The van der Waals surface area contributed by atoms with Gasteiger partial charge in [0.15, 0.2) is 18.1 Å². The van der Waals surface area contributed by atoms with Crippen molar-refractivity contribution in [2.45, 2.75) is 20.3 Å². The van der Waals surface area contributed by atoms with Crippen molar-refractivity contribution in [2.75, 3.05) is 32.7 Å². The first-order valence-corrected chi connectivity index (χ1v) is 12.2. The van der Waals surface area contributed by atoms with Gasteiger partial charge in [0.05, 0.1) is 20.4 Å². The van der Waals surface area contributed by atoms with Gasteiger partial charge in [-0.2, -0.15) is 5.10 Å². The van der Waals surface area contributed by atoms with E-state index in [0.29, 0.717) is 29.2 Å². The van der Waals surface area contributed by atoms with Crippen LogP contribution in [0, 0.1) is 13.8 Å². The van der Waals surface area contributed by atoms with Crippen molar-refractivity contribution in [3.63, 3.8) is 0 Å². The number of hydrogen-bond acceptors (Lipinski definition) is 7. The summed E-state index contributed by atoms with van der Waals surface area (Å²) in [5.74, 6) is -0.235. The average Bonchev–Trinajstić information content (AvgIpc) is 2.94. The van der Waals surface area contributed by atoms with Crippen LogP contribution in [0.3, 0.4) is 0 Å². The highest BCUT2D eigenvalue weighted by Gasteiger charge is 2.12. The molecular weight excluding hydrogens is 500 g/mol. The van der Waals surface area contributed by atoms with Crippen LogP contribution < -0.4 is 30.3 Å². The first-order valence-electron chi connectivity index (χ1n) is 12.2. The van der Waals surface area contributed by atoms with E-state index in [1.807, 2.05) is 44.2 Å². The number of hydrazone groups is 1. The molecule has 3 amide bonds. The van der Waals surface area contributed by atoms with Crippen LogP contribution in [0.2, 0.25) is 0 Å². The molecule has 0 heterocycles. The lowest BCUT2D eigenvalue weighted by Gasteiger charge is -2.12. The SMILES string of the molecule is COc1ccc(CCNC(=O)C(=O)N/N=C\c2ccc(OCC(=O)Nc3c(C)cccc3C)cc2)cc1OC. The number of carbonyl (C=O) groups excluding carboxylic acids is 3. The van der Waals surface area contributed by atoms with Crippen LogP contribution in [0.4, 0.5) is 5.69 Å². The zero-order valence-electron chi connectivity index (χ0n) is 22.4. The maximum atomic E-state index is 12.3. The van der Waals surface area contributed by atoms with E-state index in [9.17, 15) is 14.4 Å². The molecule has 0 atom stereocenters. The Balaban J connectivity index is 1.39. The van der Waals surface area contributed by atoms with Gasteiger partial charge in [0.2, 0.25) is 0 Å². The van der Waals surface area contributed by atoms with Crippen molar-refractivity contribution in [1.29, 1.82) is 0 Å². The van der Waals surface area contributed by atoms with Gasteiger partial charge >= 0.3 is 11.8 Å². The second kappa shape index (κ2) is 14.2. The Labute approximate surface area is 227 Å². The van der Waals surface area contributed by atoms with E-state index in [1.54, 1.807) is 44.6 Å². The van der Waals surface area contributed by atoms with E-state index in [0.717, 1.165) is 22.4 Å². The number of carbonyl (C=O) groups is 3. The molecule has 3 rings (SSSR count). The van der Waals surface area contributed by atoms with E-state index in [1.165, 1.54) is 6.21 Å². The molecule has 0 aromatic heterocycles. The molecule has 0 spiro atoms. The summed E-state index contributed by atoms with van der Waals surface area (Å²) < 4.78 is 16.0. The molecule has 0 aliphatic heterocycles. The maximum absolute atomic E-state index is 12.3.